The van der Waals surface area contributed by atoms with E-state index in [1.807, 2.05) is 36.4 Å². The molecule has 1 atom stereocenters. The van der Waals surface area contributed by atoms with Gasteiger partial charge in [-0.3, -0.25) is 9.59 Å². The van der Waals surface area contributed by atoms with E-state index in [0.29, 0.717) is 12.1 Å². The summed E-state index contributed by atoms with van der Waals surface area (Å²) in [5.41, 5.74) is 3.00. The van der Waals surface area contributed by atoms with Crippen LogP contribution in [0, 0.1) is 0 Å². The first-order valence-electron chi connectivity index (χ1n) is 8.40. The Morgan fingerprint density at radius 2 is 1.79 bits per heavy atom. The van der Waals surface area contributed by atoms with E-state index in [1.165, 1.54) is 5.56 Å². The zero-order valence-corrected chi connectivity index (χ0v) is 13.4. The second-order valence-corrected chi connectivity index (χ2v) is 6.74. The minimum atomic E-state index is -0.222. The number of hydrogen-bond acceptors (Lipinski definition) is 2. The number of benzene rings is 2. The third kappa shape index (κ3) is 2.68. The van der Waals surface area contributed by atoms with E-state index < -0.39 is 0 Å². The summed E-state index contributed by atoms with van der Waals surface area (Å²) in [6.45, 7) is 0.665. The summed E-state index contributed by atoms with van der Waals surface area (Å²) in [5.74, 6) is -0.106. The van der Waals surface area contributed by atoms with Crippen LogP contribution in [0.4, 0.5) is 0 Å². The Kier molecular flexibility index (Phi) is 3.60. The van der Waals surface area contributed by atoms with Crippen LogP contribution in [-0.4, -0.2) is 18.4 Å². The molecule has 2 N–H and O–H groups in total. The molecule has 0 aromatic heterocycles. The van der Waals surface area contributed by atoms with Gasteiger partial charge in [0.25, 0.3) is 5.91 Å². The van der Waals surface area contributed by atoms with Gasteiger partial charge >= 0.3 is 0 Å². The number of amides is 2. The average Bonchev–Trinajstić information content (AvgIpc) is 3.35. The molecule has 122 valence electrons. The second-order valence-electron chi connectivity index (χ2n) is 6.74. The second kappa shape index (κ2) is 5.78. The van der Waals surface area contributed by atoms with Gasteiger partial charge in [-0.25, -0.2) is 0 Å². The Morgan fingerprint density at radius 3 is 2.54 bits per heavy atom. The van der Waals surface area contributed by atoms with E-state index >= 15 is 0 Å². The highest BCUT2D eigenvalue weighted by molar-refractivity contribution is 5.99. The number of rotatable bonds is 5. The highest BCUT2D eigenvalue weighted by Gasteiger charge is 2.44. The molecule has 0 radical (unpaired) electrons. The fourth-order valence-corrected chi connectivity index (χ4v) is 3.52. The van der Waals surface area contributed by atoms with Gasteiger partial charge in [-0.15, -0.1) is 0 Å². The third-order valence-corrected chi connectivity index (χ3v) is 5.14. The molecule has 1 heterocycles. The van der Waals surface area contributed by atoms with E-state index in [2.05, 4.69) is 22.8 Å². The van der Waals surface area contributed by atoms with Gasteiger partial charge in [0.2, 0.25) is 5.91 Å². The van der Waals surface area contributed by atoms with Gasteiger partial charge in [0.05, 0.1) is 12.5 Å². The first-order valence-corrected chi connectivity index (χ1v) is 8.40. The normalized spacial score (nSPS) is 20.2. The molecule has 4 heteroatoms. The lowest BCUT2D eigenvalue weighted by atomic mass is 9.96. The Hall–Kier alpha value is -2.62. The van der Waals surface area contributed by atoms with Crippen molar-refractivity contribution >= 4 is 11.8 Å². The predicted molar refractivity (Wildman–Crippen MR) is 91.6 cm³/mol. The molecule has 1 aliphatic carbocycles. The van der Waals surface area contributed by atoms with Crippen molar-refractivity contribution in [2.45, 2.75) is 30.7 Å². The van der Waals surface area contributed by atoms with Crippen molar-refractivity contribution in [2.24, 2.45) is 0 Å². The van der Waals surface area contributed by atoms with Crippen molar-refractivity contribution in [3.63, 3.8) is 0 Å². The lowest BCUT2D eigenvalue weighted by Crippen LogP contribution is -2.34. The van der Waals surface area contributed by atoms with Gasteiger partial charge < -0.3 is 10.6 Å². The zero-order valence-electron chi connectivity index (χ0n) is 13.4. The van der Waals surface area contributed by atoms with Crippen molar-refractivity contribution in [3.05, 3.63) is 71.3 Å². The fraction of sp³-hybridized carbons (Fsp3) is 0.300. The van der Waals surface area contributed by atoms with E-state index in [1.54, 1.807) is 6.07 Å². The van der Waals surface area contributed by atoms with Crippen molar-refractivity contribution in [1.82, 2.24) is 10.6 Å². The molecule has 0 bridgehead atoms. The summed E-state index contributed by atoms with van der Waals surface area (Å²) in [6, 6.07) is 17.6. The third-order valence-electron chi connectivity index (χ3n) is 5.14. The zero-order chi connectivity index (χ0) is 16.6. The molecule has 4 rings (SSSR count). The SMILES string of the molecule is O=C(CC1NC(=O)c2ccccc21)NCC1(c2ccccc2)CC1. The van der Waals surface area contributed by atoms with Crippen LogP contribution in [0.3, 0.4) is 0 Å². The minimum absolute atomic E-state index is 0.0146. The largest absolute Gasteiger partial charge is 0.355 e. The molecular formula is C20H20N2O2. The highest BCUT2D eigenvalue weighted by Crippen LogP contribution is 2.47. The lowest BCUT2D eigenvalue weighted by molar-refractivity contribution is -0.121. The summed E-state index contributed by atoms with van der Waals surface area (Å²) >= 11 is 0. The topological polar surface area (TPSA) is 58.2 Å². The van der Waals surface area contributed by atoms with Crippen molar-refractivity contribution in [2.75, 3.05) is 6.54 Å². The van der Waals surface area contributed by atoms with Crippen LogP contribution in [0.2, 0.25) is 0 Å². The van der Waals surface area contributed by atoms with Gasteiger partial charge in [-0.1, -0.05) is 48.5 Å². The van der Waals surface area contributed by atoms with Crippen LogP contribution in [-0.2, 0) is 10.2 Å². The number of carbonyl (C=O) groups excluding carboxylic acids is 2. The molecule has 1 aliphatic heterocycles. The molecule has 0 spiro atoms. The highest BCUT2D eigenvalue weighted by atomic mass is 16.2. The summed E-state index contributed by atoms with van der Waals surface area (Å²) in [6.07, 6.45) is 2.51. The first-order chi connectivity index (χ1) is 11.7. The molecule has 4 nitrogen and oxygen atoms in total. The molecule has 1 fully saturated rings. The number of carbonyl (C=O) groups is 2. The van der Waals surface area contributed by atoms with Crippen LogP contribution in [0.25, 0.3) is 0 Å². The first kappa shape index (κ1) is 14.9. The number of nitrogens with one attached hydrogen (secondary N) is 2. The van der Waals surface area contributed by atoms with Crippen LogP contribution in [0.15, 0.2) is 54.6 Å². The summed E-state index contributed by atoms with van der Waals surface area (Å²) < 4.78 is 0. The molecule has 1 unspecified atom stereocenters. The van der Waals surface area contributed by atoms with Crippen LogP contribution in [0.5, 0.6) is 0 Å². The Labute approximate surface area is 141 Å². The molecule has 2 aliphatic rings. The molecule has 2 aromatic rings. The molecule has 0 saturated heterocycles. The maximum atomic E-state index is 12.4. The molecule has 2 aromatic carbocycles. The predicted octanol–water partition coefficient (Wildman–Crippen LogP) is 2.71. The van der Waals surface area contributed by atoms with Gasteiger partial charge in [-0.05, 0) is 30.0 Å². The van der Waals surface area contributed by atoms with Gasteiger partial charge in [0.1, 0.15) is 0 Å². The summed E-state index contributed by atoms with van der Waals surface area (Å²) in [7, 11) is 0. The number of fused-ring (bicyclic) bond motifs is 1. The summed E-state index contributed by atoms with van der Waals surface area (Å²) in [4.78, 5) is 24.3. The maximum Gasteiger partial charge on any atom is 0.252 e. The van der Waals surface area contributed by atoms with Gasteiger partial charge in [-0.2, -0.15) is 0 Å². The van der Waals surface area contributed by atoms with Gasteiger partial charge in [0.15, 0.2) is 0 Å². The van der Waals surface area contributed by atoms with Crippen molar-refractivity contribution in [1.29, 1.82) is 0 Å². The van der Waals surface area contributed by atoms with Crippen LogP contribution >= 0.6 is 0 Å². The molecule has 24 heavy (non-hydrogen) atoms. The Bertz CT molecular complexity index is 781. The smallest absolute Gasteiger partial charge is 0.252 e. The summed E-state index contributed by atoms with van der Waals surface area (Å²) in [5, 5.41) is 5.96. The van der Waals surface area contributed by atoms with Gasteiger partial charge in [0, 0.05) is 17.5 Å². The standard InChI is InChI=1S/C20H20N2O2/c23-18(12-17-15-8-4-5-9-16(15)19(24)22-17)21-13-20(10-11-20)14-6-2-1-3-7-14/h1-9,17H,10-13H2,(H,21,23)(H,22,24). The van der Waals surface area contributed by atoms with Crippen molar-refractivity contribution in [3.8, 4) is 0 Å². The molecule has 1 saturated carbocycles. The van der Waals surface area contributed by atoms with E-state index in [0.717, 1.165) is 18.4 Å². The lowest BCUT2D eigenvalue weighted by Gasteiger charge is -2.18. The van der Waals surface area contributed by atoms with Crippen LogP contribution in [0.1, 0.15) is 46.8 Å². The van der Waals surface area contributed by atoms with E-state index in [9.17, 15) is 9.59 Å². The van der Waals surface area contributed by atoms with E-state index in [-0.39, 0.29) is 29.7 Å². The minimum Gasteiger partial charge on any atom is -0.355 e. The average molecular weight is 320 g/mol. The van der Waals surface area contributed by atoms with Crippen molar-refractivity contribution < 1.29 is 9.59 Å². The molecular weight excluding hydrogens is 300 g/mol. The Morgan fingerprint density at radius 1 is 1.08 bits per heavy atom. The Balaban J connectivity index is 1.38. The monoisotopic (exact) mass is 320 g/mol. The maximum absolute atomic E-state index is 12.4. The van der Waals surface area contributed by atoms with Crippen LogP contribution < -0.4 is 10.6 Å². The number of hydrogen-bond donors (Lipinski definition) is 2. The molecule has 2 amide bonds. The fourth-order valence-electron chi connectivity index (χ4n) is 3.52. The quantitative estimate of drug-likeness (QED) is 0.890. The van der Waals surface area contributed by atoms with E-state index in [4.69, 9.17) is 0 Å².